The maximum atomic E-state index is 13.6. The number of alkyl halides is 2. The van der Waals surface area contributed by atoms with Crippen LogP contribution in [0.15, 0.2) is 25.0 Å². The molecule has 6 nitrogen and oxygen atoms in total. The van der Waals surface area contributed by atoms with Gasteiger partial charge in [-0.1, -0.05) is 12.7 Å². The summed E-state index contributed by atoms with van der Waals surface area (Å²) in [4.78, 5) is 17.0. The molecule has 0 aromatic carbocycles. The summed E-state index contributed by atoms with van der Waals surface area (Å²) in [6.45, 7) is 9.04. The van der Waals surface area contributed by atoms with Crippen molar-refractivity contribution in [2.24, 2.45) is 5.92 Å². The lowest BCUT2D eigenvalue weighted by Gasteiger charge is -2.33. The van der Waals surface area contributed by atoms with Gasteiger partial charge in [0.15, 0.2) is 5.65 Å². The zero-order chi connectivity index (χ0) is 20.5. The lowest BCUT2D eigenvalue weighted by Crippen LogP contribution is -2.40. The molecule has 0 spiro atoms. The quantitative estimate of drug-likeness (QED) is 0.814. The third-order valence-electron chi connectivity index (χ3n) is 4.82. The van der Waals surface area contributed by atoms with Crippen molar-refractivity contribution in [3.05, 3.63) is 36.3 Å². The van der Waals surface area contributed by atoms with Gasteiger partial charge in [-0.2, -0.15) is 5.10 Å². The number of hydrogen-bond acceptors (Lipinski definition) is 4. The van der Waals surface area contributed by atoms with Crippen molar-refractivity contribution in [2.45, 2.75) is 64.0 Å². The first-order valence-electron chi connectivity index (χ1n) is 9.41. The number of nitrogens with one attached hydrogen (secondary N) is 1. The van der Waals surface area contributed by atoms with Crippen LogP contribution in [-0.4, -0.2) is 32.2 Å². The standard InChI is InChI=1S/C20H26F2N4O2/c1-5-13-10-16-24-15(12-26(16)23-11-13)17(25-18(27)28-19(2,3)4)14-6-8-20(21,22)9-7-14/h5,10-12,14,17H,1,6-9H2,2-4H3,(H,25,27)/t17-/m0/s1. The van der Waals surface area contributed by atoms with Gasteiger partial charge in [-0.25, -0.2) is 23.1 Å². The minimum Gasteiger partial charge on any atom is -0.444 e. The minimum atomic E-state index is -2.65. The molecule has 2 heterocycles. The molecule has 28 heavy (non-hydrogen) atoms. The Morgan fingerprint density at radius 2 is 2.11 bits per heavy atom. The van der Waals surface area contributed by atoms with Crippen LogP contribution < -0.4 is 5.32 Å². The van der Waals surface area contributed by atoms with Crippen LogP contribution in [0, 0.1) is 5.92 Å². The van der Waals surface area contributed by atoms with E-state index in [-0.39, 0.29) is 18.8 Å². The molecule has 1 atom stereocenters. The Balaban J connectivity index is 1.89. The highest BCUT2D eigenvalue weighted by Gasteiger charge is 2.39. The van der Waals surface area contributed by atoms with Crippen LogP contribution >= 0.6 is 0 Å². The number of carbonyl (C=O) groups is 1. The molecule has 1 fully saturated rings. The van der Waals surface area contributed by atoms with Gasteiger partial charge in [-0.15, -0.1) is 0 Å². The van der Waals surface area contributed by atoms with Crippen molar-refractivity contribution in [3.63, 3.8) is 0 Å². The van der Waals surface area contributed by atoms with E-state index in [9.17, 15) is 13.6 Å². The molecule has 1 saturated carbocycles. The van der Waals surface area contributed by atoms with E-state index in [2.05, 4.69) is 22.0 Å². The fourth-order valence-corrected chi connectivity index (χ4v) is 3.43. The molecule has 8 heteroatoms. The number of nitrogens with zero attached hydrogens (tertiary/aromatic N) is 3. The summed E-state index contributed by atoms with van der Waals surface area (Å²) >= 11 is 0. The van der Waals surface area contributed by atoms with E-state index >= 15 is 0 Å². The Morgan fingerprint density at radius 3 is 2.71 bits per heavy atom. The molecule has 1 amide bonds. The predicted octanol–water partition coefficient (Wildman–Crippen LogP) is 4.76. The Kier molecular flexibility index (Phi) is 5.41. The van der Waals surface area contributed by atoms with E-state index in [1.807, 2.05) is 6.07 Å². The highest BCUT2D eigenvalue weighted by atomic mass is 19.3. The van der Waals surface area contributed by atoms with Crippen molar-refractivity contribution in [3.8, 4) is 0 Å². The molecule has 0 bridgehead atoms. The zero-order valence-electron chi connectivity index (χ0n) is 16.4. The van der Waals surface area contributed by atoms with Crippen molar-refractivity contribution < 1.29 is 18.3 Å². The summed E-state index contributed by atoms with van der Waals surface area (Å²) in [6.07, 6.45) is 4.65. The second-order valence-corrected chi connectivity index (χ2v) is 8.28. The van der Waals surface area contributed by atoms with Crippen molar-refractivity contribution in [1.82, 2.24) is 19.9 Å². The number of halogens is 2. The first-order chi connectivity index (χ1) is 13.1. The number of hydrogen-bond donors (Lipinski definition) is 1. The normalized spacial score (nSPS) is 18.6. The summed E-state index contributed by atoms with van der Waals surface area (Å²) in [5.41, 5.74) is 1.34. The third-order valence-corrected chi connectivity index (χ3v) is 4.82. The molecule has 2 aromatic rings. The second-order valence-electron chi connectivity index (χ2n) is 8.28. The Hall–Kier alpha value is -2.51. The van der Waals surface area contributed by atoms with Crippen LogP contribution in [-0.2, 0) is 4.74 Å². The van der Waals surface area contributed by atoms with E-state index in [4.69, 9.17) is 4.74 Å². The lowest BCUT2D eigenvalue weighted by atomic mass is 9.81. The Morgan fingerprint density at radius 1 is 1.43 bits per heavy atom. The summed E-state index contributed by atoms with van der Waals surface area (Å²) < 4.78 is 34.2. The second kappa shape index (κ2) is 7.48. The summed E-state index contributed by atoms with van der Waals surface area (Å²) in [7, 11) is 0. The molecule has 0 radical (unpaired) electrons. The summed E-state index contributed by atoms with van der Waals surface area (Å²) in [5, 5.41) is 7.13. The van der Waals surface area contributed by atoms with Gasteiger partial charge in [0.05, 0.1) is 24.1 Å². The molecule has 1 N–H and O–H groups in total. The monoisotopic (exact) mass is 392 g/mol. The first kappa shape index (κ1) is 20.2. The van der Waals surface area contributed by atoms with Crippen LogP contribution in [0.4, 0.5) is 13.6 Å². The van der Waals surface area contributed by atoms with Crippen LogP contribution in [0.25, 0.3) is 11.7 Å². The first-order valence-corrected chi connectivity index (χ1v) is 9.41. The van der Waals surface area contributed by atoms with Gasteiger partial charge in [-0.05, 0) is 51.2 Å². The van der Waals surface area contributed by atoms with Crippen LogP contribution in [0.1, 0.15) is 63.8 Å². The SMILES string of the molecule is C=Cc1cnn2cc([C@@H](NC(=O)OC(C)(C)C)C3CCC(F)(F)CC3)nc2c1. The van der Waals surface area contributed by atoms with E-state index in [0.717, 1.165) is 5.56 Å². The number of aromatic nitrogens is 3. The molecular weight excluding hydrogens is 366 g/mol. The van der Waals surface area contributed by atoms with E-state index in [1.54, 1.807) is 43.8 Å². The molecule has 0 aliphatic heterocycles. The topological polar surface area (TPSA) is 68.5 Å². The summed E-state index contributed by atoms with van der Waals surface area (Å²) in [6, 6.07) is 1.29. The van der Waals surface area contributed by atoms with Gasteiger partial charge in [0.1, 0.15) is 5.60 Å². The van der Waals surface area contributed by atoms with Gasteiger partial charge in [-0.3, -0.25) is 0 Å². The number of rotatable bonds is 4. The lowest BCUT2D eigenvalue weighted by molar-refractivity contribution is -0.0500. The van der Waals surface area contributed by atoms with Gasteiger partial charge >= 0.3 is 6.09 Å². The van der Waals surface area contributed by atoms with Crippen molar-refractivity contribution >= 4 is 17.8 Å². The number of amides is 1. The minimum absolute atomic E-state index is 0.157. The Labute approximate surface area is 163 Å². The average molecular weight is 392 g/mol. The fraction of sp³-hybridized carbons (Fsp3) is 0.550. The Bertz CT molecular complexity index is 863. The zero-order valence-corrected chi connectivity index (χ0v) is 16.4. The van der Waals surface area contributed by atoms with Gasteiger partial charge in [0.25, 0.3) is 0 Å². The van der Waals surface area contributed by atoms with Gasteiger partial charge in [0, 0.05) is 12.8 Å². The number of ether oxygens (including phenoxy) is 1. The highest BCUT2D eigenvalue weighted by molar-refractivity contribution is 5.68. The highest BCUT2D eigenvalue weighted by Crippen LogP contribution is 2.41. The molecule has 3 rings (SSSR count). The number of carbonyl (C=O) groups excluding carboxylic acids is 1. The molecule has 152 valence electrons. The maximum absolute atomic E-state index is 13.6. The molecule has 0 saturated heterocycles. The largest absolute Gasteiger partial charge is 0.444 e. The number of imidazole rings is 1. The van der Waals surface area contributed by atoms with E-state index in [0.29, 0.717) is 24.2 Å². The van der Waals surface area contributed by atoms with Crippen LogP contribution in [0.2, 0.25) is 0 Å². The average Bonchev–Trinajstić information content (AvgIpc) is 3.01. The molecule has 1 aliphatic carbocycles. The smallest absolute Gasteiger partial charge is 0.408 e. The third kappa shape index (κ3) is 4.85. The number of fused-ring (bicyclic) bond motifs is 1. The maximum Gasteiger partial charge on any atom is 0.408 e. The predicted molar refractivity (Wildman–Crippen MR) is 102 cm³/mol. The van der Waals surface area contributed by atoms with Crippen LogP contribution in [0.3, 0.4) is 0 Å². The van der Waals surface area contributed by atoms with E-state index < -0.39 is 23.7 Å². The van der Waals surface area contributed by atoms with Crippen LogP contribution in [0.5, 0.6) is 0 Å². The summed E-state index contributed by atoms with van der Waals surface area (Å²) in [5.74, 6) is -2.80. The molecule has 0 unspecified atom stereocenters. The number of alkyl carbamates (subject to hydrolysis) is 1. The van der Waals surface area contributed by atoms with E-state index in [1.165, 1.54) is 0 Å². The van der Waals surface area contributed by atoms with Crippen molar-refractivity contribution in [2.75, 3.05) is 0 Å². The van der Waals surface area contributed by atoms with Crippen molar-refractivity contribution in [1.29, 1.82) is 0 Å². The molecule has 2 aromatic heterocycles. The fourth-order valence-electron chi connectivity index (χ4n) is 3.43. The molecule has 1 aliphatic rings. The van der Waals surface area contributed by atoms with Gasteiger partial charge < -0.3 is 10.1 Å². The van der Waals surface area contributed by atoms with Gasteiger partial charge in [0.2, 0.25) is 5.92 Å². The molecular formula is C20H26F2N4O2.